The van der Waals surface area contributed by atoms with Crippen LogP contribution in [0.1, 0.15) is 84.0 Å². The average molecular weight is 407 g/mol. The van der Waals surface area contributed by atoms with Gasteiger partial charge in [0.05, 0.1) is 19.3 Å². The van der Waals surface area contributed by atoms with Crippen LogP contribution in [0.15, 0.2) is 36.5 Å². The number of unbranched alkanes of at least 4 members (excludes halogenated alkanes) is 5. The summed E-state index contributed by atoms with van der Waals surface area (Å²) >= 11 is 0. The lowest BCUT2D eigenvalue weighted by atomic mass is 9.78. The highest BCUT2D eigenvalue weighted by Crippen LogP contribution is 2.31. The number of aliphatic hydroxyl groups is 2. The van der Waals surface area contributed by atoms with Gasteiger partial charge in [-0.15, -0.1) is 0 Å². The molecule has 2 unspecified atom stereocenters. The standard InChI is InChI=1S/C25H42O4/c1-3-4-5-6-7-8-16-22(26)17-11-9-14-21-15-10-12-18-23(21)24(27)19-13-20-25(28)29-2/h9-12,14,17,21-24,26-27H,3-8,13,15-16,18-20H2,1-2H3/b14-9+,17-11+/t21-,22?,23+,24?/m0/s1. The van der Waals surface area contributed by atoms with E-state index in [1.54, 1.807) is 0 Å². The number of allylic oxidation sites excluding steroid dienone is 5. The van der Waals surface area contributed by atoms with Gasteiger partial charge in [-0.05, 0) is 43.9 Å². The van der Waals surface area contributed by atoms with Crippen LogP contribution in [0.5, 0.6) is 0 Å². The summed E-state index contributed by atoms with van der Waals surface area (Å²) in [6.45, 7) is 2.22. The lowest BCUT2D eigenvalue weighted by Crippen LogP contribution is -2.28. The molecular formula is C25H42O4. The fraction of sp³-hybridized carbons (Fsp3) is 0.720. The Morgan fingerprint density at radius 3 is 2.52 bits per heavy atom. The number of hydrogen-bond acceptors (Lipinski definition) is 4. The zero-order valence-corrected chi connectivity index (χ0v) is 18.5. The van der Waals surface area contributed by atoms with E-state index in [2.05, 4.69) is 29.9 Å². The number of carbonyl (C=O) groups excluding carboxylic acids is 1. The highest BCUT2D eigenvalue weighted by molar-refractivity contribution is 5.68. The molecular weight excluding hydrogens is 364 g/mol. The third kappa shape index (κ3) is 12.0. The number of esters is 1. The van der Waals surface area contributed by atoms with E-state index < -0.39 is 6.10 Å². The molecule has 0 heterocycles. The van der Waals surface area contributed by atoms with Crippen molar-refractivity contribution in [3.05, 3.63) is 36.5 Å². The van der Waals surface area contributed by atoms with Crippen molar-refractivity contribution in [3.63, 3.8) is 0 Å². The van der Waals surface area contributed by atoms with Crippen LogP contribution < -0.4 is 0 Å². The van der Waals surface area contributed by atoms with Crippen molar-refractivity contribution in [1.82, 2.24) is 0 Å². The number of aliphatic hydroxyl groups excluding tert-OH is 2. The van der Waals surface area contributed by atoms with Crippen molar-refractivity contribution in [2.75, 3.05) is 7.11 Å². The van der Waals surface area contributed by atoms with Gasteiger partial charge in [0.1, 0.15) is 0 Å². The second-order valence-corrected chi connectivity index (χ2v) is 8.20. The Balaban J connectivity index is 2.34. The van der Waals surface area contributed by atoms with Gasteiger partial charge in [0.15, 0.2) is 0 Å². The van der Waals surface area contributed by atoms with Gasteiger partial charge < -0.3 is 14.9 Å². The first-order valence-electron chi connectivity index (χ1n) is 11.5. The lowest BCUT2D eigenvalue weighted by molar-refractivity contribution is -0.140. The van der Waals surface area contributed by atoms with Crippen LogP contribution in [0.25, 0.3) is 0 Å². The summed E-state index contributed by atoms with van der Waals surface area (Å²) < 4.78 is 4.66. The normalized spacial score (nSPS) is 21.7. The van der Waals surface area contributed by atoms with Crippen molar-refractivity contribution in [2.24, 2.45) is 11.8 Å². The first kappa shape index (κ1) is 25.6. The number of methoxy groups -OCH3 is 1. The molecule has 0 aromatic carbocycles. The summed E-state index contributed by atoms with van der Waals surface area (Å²) in [6.07, 6.45) is 23.1. The molecule has 0 bridgehead atoms. The van der Waals surface area contributed by atoms with E-state index >= 15 is 0 Å². The summed E-state index contributed by atoms with van der Waals surface area (Å²) in [6, 6.07) is 0. The Hall–Kier alpha value is -1.39. The predicted molar refractivity (Wildman–Crippen MR) is 120 cm³/mol. The first-order chi connectivity index (χ1) is 14.1. The minimum atomic E-state index is -0.415. The van der Waals surface area contributed by atoms with Gasteiger partial charge in [-0.25, -0.2) is 0 Å². The molecule has 166 valence electrons. The van der Waals surface area contributed by atoms with Gasteiger partial charge in [-0.1, -0.05) is 81.9 Å². The van der Waals surface area contributed by atoms with E-state index in [0.29, 0.717) is 19.3 Å². The zero-order valence-electron chi connectivity index (χ0n) is 18.5. The van der Waals surface area contributed by atoms with Crippen LogP contribution >= 0.6 is 0 Å². The number of carbonyl (C=O) groups is 1. The minimum absolute atomic E-state index is 0.176. The molecule has 0 aromatic heterocycles. The topological polar surface area (TPSA) is 66.8 Å². The van der Waals surface area contributed by atoms with Gasteiger partial charge in [-0.2, -0.15) is 0 Å². The third-order valence-electron chi connectivity index (χ3n) is 5.79. The van der Waals surface area contributed by atoms with Gasteiger partial charge >= 0.3 is 5.97 Å². The molecule has 0 saturated heterocycles. The second kappa shape index (κ2) is 16.4. The largest absolute Gasteiger partial charge is 0.469 e. The highest BCUT2D eigenvalue weighted by Gasteiger charge is 2.26. The van der Waals surface area contributed by atoms with E-state index in [0.717, 1.165) is 25.7 Å². The van der Waals surface area contributed by atoms with Crippen molar-refractivity contribution in [2.45, 2.75) is 96.2 Å². The van der Waals surface area contributed by atoms with Crippen LogP contribution in [-0.2, 0) is 9.53 Å². The smallest absolute Gasteiger partial charge is 0.305 e. The van der Waals surface area contributed by atoms with Crippen molar-refractivity contribution >= 4 is 5.97 Å². The maximum absolute atomic E-state index is 11.2. The molecule has 4 heteroatoms. The Morgan fingerprint density at radius 1 is 1.03 bits per heavy atom. The number of rotatable bonds is 15. The maximum atomic E-state index is 11.2. The monoisotopic (exact) mass is 406 g/mol. The molecule has 0 radical (unpaired) electrons. The summed E-state index contributed by atoms with van der Waals surface area (Å²) in [7, 11) is 1.39. The second-order valence-electron chi connectivity index (χ2n) is 8.20. The van der Waals surface area contributed by atoms with Gasteiger partial charge in [0, 0.05) is 6.42 Å². The van der Waals surface area contributed by atoms with Gasteiger partial charge in [0.25, 0.3) is 0 Å². The third-order valence-corrected chi connectivity index (χ3v) is 5.79. The van der Waals surface area contributed by atoms with E-state index in [1.165, 1.54) is 39.2 Å². The lowest BCUT2D eigenvalue weighted by Gasteiger charge is -2.30. The van der Waals surface area contributed by atoms with Crippen LogP contribution in [-0.4, -0.2) is 35.5 Å². The molecule has 1 rings (SSSR count). The number of hydrogen-bond donors (Lipinski definition) is 2. The van der Waals surface area contributed by atoms with Gasteiger partial charge in [-0.3, -0.25) is 4.79 Å². The molecule has 0 aromatic rings. The fourth-order valence-corrected chi connectivity index (χ4v) is 3.92. The van der Waals surface area contributed by atoms with E-state index in [1.807, 2.05) is 18.2 Å². The van der Waals surface area contributed by atoms with E-state index in [9.17, 15) is 15.0 Å². The SMILES string of the molecule is CCCCCCCCC(O)/C=C/C=C/[C@H]1CC=CC[C@H]1C(O)CCCC(=O)OC. The molecule has 4 atom stereocenters. The molecule has 1 aliphatic carbocycles. The van der Waals surface area contributed by atoms with Gasteiger partial charge in [0.2, 0.25) is 0 Å². The quantitative estimate of drug-likeness (QED) is 0.163. The first-order valence-corrected chi connectivity index (χ1v) is 11.5. The van der Waals surface area contributed by atoms with Crippen molar-refractivity contribution in [1.29, 1.82) is 0 Å². The van der Waals surface area contributed by atoms with E-state index in [-0.39, 0.29) is 23.9 Å². The molecule has 4 nitrogen and oxygen atoms in total. The molecule has 0 aliphatic heterocycles. The highest BCUT2D eigenvalue weighted by atomic mass is 16.5. The van der Waals surface area contributed by atoms with Crippen LogP contribution in [0.2, 0.25) is 0 Å². The summed E-state index contributed by atoms with van der Waals surface area (Å²) in [5.74, 6) is 0.241. The maximum Gasteiger partial charge on any atom is 0.305 e. The summed E-state index contributed by atoms with van der Waals surface area (Å²) in [5.41, 5.74) is 0. The fourth-order valence-electron chi connectivity index (χ4n) is 3.92. The minimum Gasteiger partial charge on any atom is -0.469 e. The molecule has 0 spiro atoms. The molecule has 0 amide bonds. The molecule has 0 saturated carbocycles. The molecule has 0 fully saturated rings. The Kier molecular flexibility index (Phi) is 14.5. The predicted octanol–water partition coefficient (Wildman–Crippen LogP) is 5.50. The average Bonchev–Trinajstić information content (AvgIpc) is 2.73. The summed E-state index contributed by atoms with van der Waals surface area (Å²) in [5, 5.41) is 20.7. The van der Waals surface area contributed by atoms with Crippen LogP contribution in [0, 0.1) is 11.8 Å². The van der Waals surface area contributed by atoms with Crippen LogP contribution in [0.3, 0.4) is 0 Å². The molecule has 29 heavy (non-hydrogen) atoms. The zero-order chi connectivity index (χ0) is 21.3. The van der Waals surface area contributed by atoms with Crippen molar-refractivity contribution in [3.8, 4) is 0 Å². The van der Waals surface area contributed by atoms with E-state index in [4.69, 9.17) is 0 Å². The summed E-state index contributed by atoms with van der Waals surface area (Å²) in [4.78, 5) is 11.2. The van der Waals surface area contributed by atoms with Crippen LogP contribution in [0.4, 0.5) is 0 Å². The Morgan fingerprint density at radius 2 is 1.76 bits per heavy atom. The number of ether oxygens (including phenoxy) is 1. The Bertz CT molecular complexity index is 509. The molecule has 1 aliphatic rings. The molecule has 2 N–H and O–H groups in total. The Labute approximate surface area is 177 Å². The van der Waals surface area contributed by atoms with Crippen molar-refractivity contribution < 1.29 is 19.7 Å².